The van der Waals surface area contributed by atoms with Crippen molar-refractivity contribution in [1.82, 2.24) is 0 Å². The monoisotopic (exact) mass is 316 g/mol. The Morgan fingerprint density at radius 3 is 2.65 bits per heavy atom. The summed E-state index contributed by atoms with van der Waals surface area (Å²) >= 11 is 0. The first-order chi connectivity index (χ1) is 9.73. The van der Waals surface area contributed by atoms with E-state index < -0.39 is 18.8 Å². The molecule has 6 nitrogen and oxygen atoms in total. The van der Waals surface area contributed by atoms with E-state index in [1.54, 1.807) is 21.3 Å². The van der Waals surface area contributed by atoms with Crippen LogP contribution in [0.4, 0.5) is 0 Å². The van der Waals surface area contributed by atoms with E-state index in [1.807, 2.05) is 18.2 Å². The van der Waals surface area contributed by atoms with Crippen molar-refractivity contribution in [3.05, 3.63) is 23.8 Å². The standard InChI is InChI=1S/C12H20O6Si2/c1-13-20(14-2,15-3)7-6-16-11-4-5-12-10(8-11)9-17-19-18-12/h4-5,8H,6-7,9,19H2,1-3H3. The van der Waals surface area contributed by atoms with Gasteiger partial charge in [0, 0.05) is 26.9 Å². The molecule has 0 amide bonds. The molecule has 1 aromatic carbocycles. The topological polar surface area (TPSA) is 55.4 Å². The molecule has 0 unspecified atom stereocenters. The zero-order valence-corrected chi connectivity index (χ0v) is 14.4. The molecule has 0 saturated heterocycles. The van der Waals surface area contributed by atoms with E-state index in [0.29, 0.717) is 19.3 Å². The molecule has 0 aromatic heterocycles. The molecule has 1 heterocycles. The smallest absolute Gasteiger partial charge is 0.503 e. The fourth-order valence-corrected chi connectivity index (χ4v) is 4.27. The van der Waals surface area contributed by atoms with Crippen LogP contribution in [0, 0.1) is 0 Å². The number of fused-ring (bicyclic) bond motifs is 1. The predicted octanol–water partition coefficient (Wildman–Crippen LogP) is 0.851. The largest absolute Gasteiger partial charge is 0.524 e. The zero-order chi connectivity index (χ0) is 14.4. The second kappa shape index (κ2) is 7.20. The van der Waals surface area contributed by atoms with Gasteiger partial charge < -0.3 is 26.9 Å². The molecule has 1 aromatic rings. The van der Waals surface area contributed by atoms with E-state index in [9.17, 15) is 0 Å². The molecular formula is C12H20O6Si2. The third-order valence-corrected chi connectivity index (χ3v) is 6.68. The van der Waals surface area contributed by atoms with Crippen molar-refractivity contribution in [1.29, 1.82) is 0 Å². The van der Waals surface area contributed by atoms with Crippen LogP contribution in [0.15, 0.2) is 18.2 Å². The molecule has 0 N–H and O–H groups in total. The lowest BCUT2D eigenvalue weighted by molar-refractivity contribution is 0.117. The van der Waals surface area contributed by atoms with Gasteiger partial charge in [-0.2, -0.15) is 0 Å². The summed E-state index contributed by atoms with van der Waals surface area (Å²) in [6, 6.07) is 6.36. The lowest BCUT2D eigenvalue weighted by Crippen LogP contribution is -2.44. The molecule has 0 bridgehead atoms. The highest BCUT2D eigenvalue weighted by Gasteiger charge is 2.37. The third-order valence-electron chi connectivity index (χ3n) is 3.20. The number of hydrogen-bond donors (Lipinski definition) is 0. The van der Waals surface area contributed by atoms with E-state index in [-0.39, 0.29) is 0 Å². The van der Waals surface area contributed by atoms with Gasteiger partial charge in [0.1, 0.15) is 11.5 Å². The molecule has 112 valence electrons. The SMILES string of the molecule is CO[Si](CCOc1ccc2c(c1)CO[SiH2]O2)(OC)OC. The molecule has 20 heavy (non-hydrogen) atoms. The number of ether oxygens (including phenoxy) is 1. The molecule has 2 rings (SSSR count). The van der Waals surface area contributed by atoms with E-state index in [1.165, 1.54) is 0 Å². The van der Waals surface area contributed by atoms with Crippen LogP contribution in [0.2, 0.25) is 6.04 Å². The minimum absolute atomic E-state index is 0.469. The summed E-state index contributed by atoms with van der Waals surface area (Å²) in [6.45, 7) is 1.07. The van der Waals surface area contributed by atoms with Crippen LogP contribution in [0.1, 0.15) is 5.56 Å². The lowest BCUT2D eigenvalue weighted by atomic mass is 10.2. The van der Waals surface area contributed by atoms with Gasteiger partial charge >= 0.3 is 18.8 Å². The minimum atomic E-state index is -2.57. The van der Waals surface area contributed by atoms with Crippen molar-refractivity contribution >= 4 is 18.8 Å². The van der Waals surface area contributed by atoms with Crippen LogP contribution in [-0.4, -0.2) is 46.7 Å². The Morgan fingerprint density at radius 2 is 1.95 bits per heavy atom. The van der Waals surface area contributed by atoms with E-state index in [4.69, 9.17) is 26.9 Å². The Labute approximate surface area is 122 Å². The van der Waals surface area contributed by atoms with Gasteiger partial charge in [-0.15, -0.1) is 0 Å². The molecule has 0 aliphatic carbocycles. The number of benzene rings is 1. The predicted molar refractivity (Wildman–Crippen MR) is 77.5 cm³/mol. The first-order valence-electron chi connectivity index (χ1n) is 6.35. The van der Waals surface area contributed by atoms with Crippen molar-refractivity contribution in [2.24, 2.45) is 0 Å². The minimum Gasteiger partial charge on any atom is -0.524 e. The Kier molecular flexibility index (Phi) is 5.58. The van der Waals surface area contributed by atoms with Crippen LogP contribution >= 0.6 is 0 Å². The van der Waals surface area contributed by atoms with Crippen LogP contribution < -0.4 is 9.16 Å². The molecule has 0 atom stereocenters. The van der Waals surface area contributed by atoms with Gasteiger partial charge in [0.25, 0.3) is 0 Å². The van der Waals surface area contributed by atoms with Crippen molar-refractivity contribution in [2.45, 2.75) is 12.7 Å². The van der Waals surface area contributed by atoms with Crippen LogP contribution in [0.3, 0.4) is 0 Å². The van der Waals surface area contributed by atoms with Gasteiger partial charge in [0.2, 0.25) is 0 Å². The fourth-order valence-electron chi connectivity index (χ4n) is 2.01. The van der Waals surface area contributed by atoms with Gasteiger partial charge in [-0.05, 0) is 18.2 Å². The van der Waals surface area contributed by atoms with Crippen LogP contribution in [0.5, 0.6) is 11.5 Å². The Balaban J connectivity index is 1.91. The van der Waals surface area contributed by atoms with Crippen LogP contribution in [0.25, 0.3) is 0 Å². The van der Waals surface area contributed by atoms with E-state index >= 15 is 0 Å². The summed E-state index contributed by atoms with van der Waals surface area (Å²) in [7, 11) is 1.37. The second-order valence-corrected chi connectivity index (χ2v) is 8.30. The molecule has 0 saturated carbocycles. The second-order valence-electron chi connectivity index (χ2n) is 4.27. The average molecular weight is 316 g/mol. The highest BCUT2D eigenvalue weighted by molar-refractivity contribution is 6.60. The molecule has 0 fully saturated rings. The molecule has 8 heteroatoms. The first-order valence-corrected chi connectivity index (χ1v) is 9.43. The quantitative estimate of drug-likeness (QED) is 0.695. The van der Waals surface area contributed by atoms with Gasteiger partial charge in [-0.25, -0.2) is 0 Å². The number of rotatable bonds is 7. The van der Waals surface area contributed by atoms with Crippen molar-refractivity contribution < 1.29 is 26.9 Å². The maximum Gasteiger partial charge on any atom is 0.503 e. The summed E-state index contributed by atoms with van der Waals surface area (Å²) in [5.41, 5.74) is 1.02. The highest BCUT2D eigenvalue weighted by atomic mass is 28.4. The first kappa shape index (κ1) is 15.5. The fraction of sp³-hybridized carbons (Fsp3) is 0.500. The molecule has 0 spiro atoms. The maximum atomic E-state index is 5.73. The van der Waals surface area contributed by atoms with Gasteiger partial charge in [-0.1, -0.05) is 0 Å². The summed E-state index contributed by atoms with van der Waals surface area (Å²) < 4.78 is 32.6. The van der Waals surface area contributed by atoms with Gasteiger partial charge in [0.05, 0.1) is 19.3 Å². The van der Waals surface area contributed by atoms with E-state index in [2.05, 4.69) is 0 Å². The Hall–Kier alpha value is -0.906. The van der Waals surface area contributed by atoms with Gasteiger partial charge in [-0.3, -0.25) is 0 Å². The molecule has 1 aliphatic heterocycles. The summed E-state index contributed by atoms with van der Waals surface area (Å²) in [4.78, 5) is 0. The lowest BCUT2D eigenvalue weighted by Gasteiger charge is -2.24. The van der Waals surface area contributed by atoms with Crippen molar-refractivity contribution in [3.8, 4) is 11.5 Å². The average Bonchev–Trinajstić information content (AvgIpc) is 2.52. The van der Waals surface area contributed by atoms with Crippen LogP contribution in [-0.2, 0) is 24.3 Å². The summed E-state index contributed by atoms with van der Waals surface area (Å²) in [5, 5.41) is 0. The summed E-state index contributed by atoms with van der Waals surface area (Å²) in [6.07, 6.45) is 0. The third kappa shape index (κ3) is 3.59. The zero-order valence-electron chi connectivity index (χ0n) is 12.0. The van der Waals surface area contributed by atoms with Crippen molar-refractivity contribution in [2.75, 3.05) is 27.9 Å². The normalized spacial score (nSPS) is 15.8. The molecule has 1 aliphatic rings. The Bertz CT molecular complexity index is 430. The summed E-state index contributed by atoms with van der Waals surface area (Å²) in [5.74, 6) is 1.69. The molecular weight excluding hydrogens is 296 g/mol. The van der Waals surface area contributed by atoms with Gasteiger partial charge in [0.15, 0.2) is 0 Å². The number of hydrogen-bond acceptors (Lipinski definition) is 6. The molecule has 0 radical (unpaired) electrons. The highest BCUT2D eigenvalue weighted by Crippen LogP contribution is 2.27. The van der Waals surface area contributed by atoms with Crippen molar-refractivity contribution in [3.63, 3.8) is 0 Å². The Morgan fingerprint density at radius 1 is 1.20 bits per heavy atom. The maximum absolute atomic E-state index is 5.73. The van der Waals surface area contributed by atoms with E-state index in [0.717, 1.165) is 17.1 Å².